The predicted molar refractivity (Wildman–Crippen MR) is 76.7 cm³/mol. The van der Waals surface area contributed by atoms with E-state index in [-0.39, 0.29) is 6.42 Å². The zero-order chi connectivity index (χ0) is 13.9. The number of carbonyl (C=O) groups is 1. The first-order valence-electron chi connectivity index (χ1n) is 7.95. The Bertz CT molecular complexity index is 522. The largest absolute Gasteiger partial charge is 0.481 e. The molecule has 4 bridgehead atoms. The Morgan fingerprint density at radius 3 is 2.30 bits per heavy atom. The minimum Gasteiger partial charge on any atom is -0.481 e. The number of aromatic nitrogens is 1. The first-order chi connectivity index (χ1) is 9.54. The molecule has 4 aliphatic rings. The lowest BCUT2D eigenvalue weighted by atomic mass is 9.49. The van der Waals surface area contributed by atoms with Gasteiger partial charge >= 0.3 is 5.97 Å². The third-order valence-corrected chi connectivity index (χ3v) is 6.06. The number of hydrogen-bond acceptors (Lipinski definition) is 1. The molecule has 2 N–H and O–H groups in total. The van der Waals surface area contributed by atoms with Gasteiger partial charge < -0.3 is 10.1 Å². The van der Waals surface area contributed by atoms with Crippen molar-refractivity contribution in [2.24, 2.45) is 17.8 Å². The number of aryl methyl sites for hydroxylation is 1. The zero-order valence-corrected chi connectivity index (χ0v) is 12.1. The molecule has 5 rings (SSSR count). The van der Waals surface area contributed by atoms with E-state index in [0.29, 0.717) is 5.41 Å². The van der Waals surface area contributed by atoms with Crippen LogP contribution in [0.4, 0.5) is 0 Å². The fraction of sp³-hybridized carbons (Fsp3) is 0.706. The van der Waals surface area contributed by atoms with Crippen molar-refractivity contribution < 1.29 is 9.90 Å². The average Bonchev–Trinajstić information content (AvgIpc) is 2.69. The highest BCUT2D eigenvalue weighted by molar-refractivity contribution is 5.70. The third-order valence-electron chi connectivity index (χ3n) is 6.06. The number of carboxylic acid groups (broad SMARTS) is 1. The van der Waals surface area contributed by atoms with Crippen molar-refractivity contribution in [3.8, 4) is 0 Å². The average molecular weight is 273 g/mol. The van der Waals surface area contributed by atoms with Crippen molar-refractivity contribution in [2.45, 2.75) is 57.3 Å². The topological polar surface area (TPSA) is 53.1 Å². The normalized spacial score (nSPS) is 38.4. The molecule has 0 spiro atoms. The van der Waals surface area contributed by atoms with Gasteiger partial charge in [0.25, 0.3) is 0 Å². The van der Waals surface area contributed by atoms with Gasteiger partial charge in [-0.2, -0.15) is 0 Å². The quantitative estimate of drug-likeness (QED) is 0.886. The zero-order valence-electron chi connectivity index (χ0n) is 12.1. The van der Waals surface area contributed by atoms with Gasteiger partial charge in [0.1, 0.15) is 0 Å². The lowest BCUT2D eigenvalue weighted by molar-refractivity contribution is -0.136. The summed E-state index contributed by atoms with van der Waals surface area (Å²) in [6.07, 6.45) is 8.43. The van der Waals surface area contributed by atoms with Crippen LogP contribution in [0.5, 0.6) is 0 Å². The van der Waals surface area contributed by atoms with Gasteiger partial charge in [-0.15, -0.1) is 0 Å². The molecule has 0 unspecified atom stereocenters. The number of nitrogens with one attached hydrogen (secondary N) is 1. The minimum absolute atomic E-state index is 0.123. The number of hydrogen-bond donors (Lipinski definition) is 2. The number of rotatable bonds is 3. The van der Waals surface area contributed by atoms with E-state index in [1.807, 2.05) is 6.92 Å². The van der Waals surface area contributed by atoms with E-state index in [1.54, 1.807) is 0 Å². The summed E-state index contributed by atoms with van der Waals surface area (Å²) in [6.45, 7) is 2.04. The molecule has 1 heterocycles. The Morgan fingerprint density at radius 1 is 1.25 bits per heavy atom. The van der Waals surface area contributed by atoms with Crippen LogP contribution >= 0.6 is 0 Å². The van der Waals surface area contributed by atoms with E-state index in [4.69, 9.17) is 5.11 Å². The van der Waals surface area contributed by atoms with Gasteiger partial charge in [0.05, 0.1) is 6.42 Å². The maximum atomic E-state index is 11.0. The van der Waals surface area contributed by atoms with Crippen LogP contribution in [0.2, 0.25) is 0 Å². The molecule has 1 aromatic heterocycles. The van der Waals surface area contributed by atoms with Gasteiger partial charge in [0, 0.05) is 16.8 Å². The summed E-state index contributed by atoms with van der Waals surface area (Å²) in [5, 5.41) is 9.01. The molecular formula is C17H23NO2. The second-order valence-corrected chi connectivity index (χ2v) is 7.61. The molecule has 0 atom stereocenters. The van der Waals surface area contributed by atoms with Crippen LogP contribution < -0.4 is 0 Å². The molecular weight excluding hydrogens is 250 g/mol. The number of aromatic amines is 1. The monoisotopic (exact) mass is 273 g/mol. The molecule has 0 aromatic carbocycles. The molecule has 0 saturated heterocycles. The second kappa shape index (κ2) is 4.12. The molecule has 3 nitrogen and oxygen atoms in total. The first-order valence-corrected chi connectivity index (χ1v) is 7.95. The highest BCUT2D eigenvalue weighted by atomic mass is 16.4. The Balaban J connectivity index is 1.68. The summed E-state index contributed by atoms with van der Waals surface area (Å²) in [5.74, 6) is 2.03. The summed E-state index contributed by atoms with van der Waals surface area (Å²) in [6, 6.07) is 2.24. The van der Waals surface area contributed by atoms with Crippen LogP contribution in [-0.4, -0.2) is 16.1 Å². The van der Waals surface area contributed by atoms with E-state index in [1.165, 1.54) is 44.2 Å². The molecule has 1 aromatic rings. The summed E-state index contributed by atoms with van der Waals surface area (Å²) in [5.41, 5.74) is 3.71. The summed E-state index contributed by atoms with van der Waals surface area (Å²) in [7, 11) is 0. The minimum atomic E-state index is -0.744. The first kappa shape index (κ1) is 12.5. The third kappa shape index (κ3) is 1.82. The highest BCUT2D eigenvalue weighted by Gasteiger charge is 2.52. The van der Waals surface area contributed by atoms with Crippen molar-refractivity contribution in [3.05, 3.63) is 23.0 Å². The Kier molecular flexibility index (Phi) is 2.57. The van der Waals surface area contributed by atoms with Gasteiger partial charge in [-0.25, -0.2) is 0 Å². The van der Waals surface area contributed by atoms with Gasteiger partial charge in [-0.3, -0.25) is 4.79 Å². The lowest BCUT2D eigenvalue weighted by Crippen LogP contribution is -2.48. The Labute approximate surface area is 119 Å². The molecule has 3 heteroatoms. The van der Waals surface area contributed by atoms with Crippen molar-refractivity contribution in [2.75, 3.05) is 0 Å². The van der Waals surface area contributed by atoms with Crippen molar-refractivity contribution in [3.63, 3.8) is 0 Å². The van der Waals surface area contributed by atoms with Crippen molar-refractivity contribution >= 4 is 5.97 Å². The second-order valence-electron chi connectivity index (χ2n) is 7.61. The SMILES string of the molecule is Cc1cc(C23CC4CC(CC(C4)C2)C3)[nH]c1CC(=O)O. The molecule has 4 saturated carbocycles. The van der Waals surface area contributed by atoms with Gasteiger partial charge in [-0.05, 0) is 74.8 Å². The van der Waals surface area contributed by atoms with Crippen LogP contribution in [0.25, 0.3) is 0 Å². The fourth-order valence-corrected chi connectivity index (χ4v) is 5.66. The van der Waals surface area contributed by atoms with Gasteiger partial charge in [-0.1, -0.05) is 0 Å². The fourth-order valence-electron chi connectivity index (χ4n) is 5.66. The predicted octanol–water partition coefficient (Wildman–Crippen LogP) is 3.42. The van der Waals surface area contributed by atoms with Gasteiger partial charge in [0.2, 0.25) is 0 Å². The maximum Gasteiger partial charge on any atom is 0.309 e. The standard InChI is InChI=1S/C17H23NO2/c1-10-2-15(18-14(10)6-16(19)20)17-7-11-3-12(8-17)5-13(4-11)9-17/h2,11-13,18H,3-9H2,1H3,(H,19,20). The maximum absolute atomic E-state index is 11.0. The van der Waals surface area contributed by atoms with Crippen LogP contribution in [0.1, 0.15) is 55.5 Å². The molecule has 4 fully saturated rings. The molecule has 0 aliphatic heterocycles. The van der Waals surface area contributed by atoms with E-state index in [2.05, 4.69) is 11.1 Å². The Hall–Kier alpha value is -1.25. The van der Waals surface area contributed by atoms with Crippen LogP contribution in [0.15, 0.2) is 6.07 Å². The summed E-state index contributed by atoms with van der Waals surface area (Å²) < 4.78 is 0. The molecule has 0 radical (unpaired) electrons. The highest BCUT2D eigenvalue weighted by Crippen LogP contribution is 2.60. The molecule has 4 aliphatic carbocycles. The molecule has 108 valence electrons. The summed E-state index contributed by atoms with van der Waals surface area (Å²) >= 11 is 0. The number of aliphatic carboxylic acids is 1. The lowest BCUT2D eigenvalue weighted by Gasteiger charge is -2.56. The smallest absolute Gasteiger partial charge is 0.309 e. The van der Waals surface area contributed by atoms with Gasteiger partial charge in [0.15, 0.2) is 0 Å². The molecule has 20 heavy (non-hydrogen) atoms. The van der Waals surface area contributed by atoms with Crippen molar-refractivity contribution in [1.29, 1.82) is 0 Å². The summed E-state index contributed by atoms with van der Waals surface area (Å²) in [4.78, 5) is 14.4. The van der Waals surface area contributed by atoms with E-state index in [9.17, 15) is 4.79 Å². The van der Waals surface area contributed by atoms with E-state index >= 15 is 0 Å². The number of H-pyrrole nitrogens is 1. The van der Waals surface area contributed by atoms with E-state index in [0.717, 1.165) is 29.0 Å². The van der Waals surface area contributed by atoms with Crippen LogP contribution in [-0.2, 0) is 16.6 Å². The van der Waals surface area contributed by atoms with Crippen LogP contribution in [0, 0.1) is 24.7 Å². The van der Waals surface area contributed by atoms with E-state index < -0.39 is 5.97 Å². The Morgan fingerprint density at radius 2 is 1.80 bits per heavy atom. The number of carboxylic acids is 1. The molecule has 0 amide bonds. The van der Waals surface area contributed by atoms with Crippen molar-refractivity contribution in [1.82, 2.24) is 4.98 Å². The van der Waals surface area contributed by atoms with Crippen LogP contribution in [0.3, 0.4) is 0 Å².